The molecule has 1 atom stereocenters. The van der Waals surface area contributed by atoms with Crippen molar-refractivity contribution in [1.82, 2.24) is 4.90 Å². The molecule has 1 aliphatic heterocycles. The van der Waals surface area contributed by atoms with E-state index in [4.69, 9.17) is 27.9 Å². The highest BCUT2D eigenvalue weighted by atomic mass is 35.5. The van der Waals surface area contributed by atoms with Crippen molar-refractivity contribution in [2.45, 2.75) is 32.4 Å². The van der Waals surface area contributed by atoms with E-state index < -0.39 is 9.84 Å². The van der Waals surface area contributed by atoms with Crippen LogP contribution in [0.4, 0.5) is 0 Å². The lowest BCUT2D eigenvalue weighted by atomic mass is 10.1. The largest absolute Gasteiger partial charge is 0.490 e. The van der Waals surface area contributed by atoms with Gasteiger partial charge in [-0.3, -0.25) is 4.79 Å². The second-order valence-electron chi connectivity index (χ2n) is 6.69. The lowest BCUT2D eigenvalue weighted by Gasteiger charge is -2.28. The Balaban J connectivity index is 1.90. The highest BCUT2D eigenvalue weighted by molar-refractivity contribution is 7.91. The normalized spacial score (nSPS) is 18.2. The number of carbonyl (C=O) groups is 1. The van der Waals surface area contributed by atoms with Crippen LogP contribution in [0.5, 0.6) is 5.75 Å². The fraction of sp³-hybridized carbons (Fsp3) is 0.421. The molecule has 3 rings (SSSR count). The van der Waals surface area contributed by atoms with Gasteiger partial charge in [0.05, 0.1) is 34.7 Å². The second-order valence-corrected chi connectivity index (χ2v) is 10.8. The molecular formula is C19H21Cl2NO4S2. The van der Waals surface area contributed by atoms with Crippen molar-refractivity contribution >= 4 is 50.3 Å². The molecule has 1 amide bonds. The molecule has 0 radical (unpaired) electrons. The Bertz CT molecular complexity index is 922. The van der Waals surface area contributed by atoms with Gasteiger partial charge in [-0.05, 0) is 36.4 Å². The lowest BCUT2D eigenvalue weighted by molar-refractivity contribution is 0.0683. The van der Waals surface area contributed by atoms with E-state index in [1.54, 1.807) is 4.90 Å². The van der Waals surface area contributed by atoms with Gasteiger partial charge in [-0.1, -0.05) is 36.2 Å². The van der Waals surface area contributed by atoms with Gasteiger partial charge in [0, 0.05) is 16.5 Å². The molecule has 152 valence electrons. The third-order valence-electron chi connectivity index (χ3n) is 4.51. The summed E-state index contributed by atoms with van der Waals surface area (Å²) in [5, 5.41) is 2.45. The van der Waals surface area contributed by atoms with Crippen LogP contribution in [0.25, 0.3) is 0 Å². The summed E-state index contributed by atoms with van der Waals surface area (Å²) in [6.45, 7) is 2.79. The van der Waals surface area contributed by atoms with Gasteiger partial charge in [-0.25, -0.2) is 8.42 Å². The van der Waals surface area contributed by atoms with Crippen LogP contribution in [-0.2, 0) is 16.4 Å². The highest BCUT2D eigenvalue weighted by Crippen LogP contribution is 2.35. The van der Waals surface area contributed by atoms with Gasteiger partial charge < -0.3 is 9.64 Å². The van der Waals surface area contributed by atoms with E-state index in [9.17, 15) is 13.2 Å². The Morgan fingerprint density at radius 3 is 2.57 bits per heavy atom. The number of carbonyl (C=O) groups excluding carboxylic acids is 1. The van der Waals surface area contributed by atoms with Crippen LogP contribution in [0.1, 0.15) is 35.0 Å². The van der Waals surface area contributed by atoms with Crippen molar-refractivity contribution in [3.8, 4) is 5.75 Å². The number of hydrogen-bond acceptors (Lipinski definition) is 5. The summed E-state index contributed by atoms with van der Waals surface area (Å²) < 4.78 is 29.5. The molecule has 2 aromatic rings. The highest BCUT2D eigenvalue weighted by Gasteiger charge is 2.35. The molecule has 0 bridgehead atoms. The first-order valence-electron chi connectivity index (χ1n) is 8.96. The summed E-state index contributed by atoms with van der Waals surface area (Å²) in [7, 11) is -3.13. The van der Waals surface area contributed by atoms with E-state index in [1.807, 2.05) is 24.4 Å². The molecule has 0 aliphatic carbocycles. The first-order chi connectivity index (χ1) is 13.3. The maximum Gasteiger partial charge on any atom is 0.254 e. The Kier molecular flexibility index (Phi) is 6.91. The van der Waals surface area contributed by atoms with Crippen molar-refractivity contribution in [3.63, 3.8) is 0 Å². The molecule has 28 heavy (non-hydrogen) atoms. The van der Waals surface area contributed by atoms with Crippen LogP contribution < -0.4 is 4.74 Å². The predicted molar refractivity (Wildman–Crippen MR) is 113 cm³/mol. The van der Waals surface area contributed by atoms with Crippen molar-refractivity contribution in [2.75, 3.05) is 18.1 Å². The van der Waals surface area contributed by atoms with Crippen molar-refractivity contribution < 1.29 is 17.9 Å². The maximum atomic E-state index is 13.3. The minimum atomic E-state index is -3.13. The molecule has 5 nitrogen and oxygen atoms in total. The molecule has 9 heteroatoms. The molecular weight excluding hydrogens is 441 g/mol. The topological polar surface area (TPSA) is 63.7 Å². The molecule has 1 aromatic heterocycles. The smallest absolute Gasteiger partial charge is 0.254 e. The lowest BCUT2D eigenvalue weighted by Crippen LogP contribution is -2.40. The zero-order chi connectivity index (χ0) is 20.3. The van der Waals surface area contributed by atoms with Crippen LogP contribution >= 0.6 is 34.5 Å². The summed E-state index contributed by atoms with van der Waals surface area (Å²) in [5.74, 6) is 0.136. The minimum Gasteiger partial charge on any atom is -0.490 e. The van der Waals surface area contributed by atoms with E-state index in [2.05, 4.69) is 0 Å². The van der Waals surface area contributed by atoms with Gasteiger partial charge in [0.25, 0.3) is 5.91 Å². The van der Waals surface area contributed by atoms with Crippen molar-refractivity contribution in [1.29, 1.82) is 0 Å². The monoisotopic (exact) mass is 461 g/mol. The Labute approximate surface area is 179 Å². The van der Waals surface area contributed by atoms with Gasteiger partial charge in [-0.2, -0.15) is 0 Å². The number of halogens is 2. The predicted octanol–water partition coefficient (Wildman–Crippen LogP) is 4.67. The minimum absolute atomic E-state index is 0.0245. The van der Waals surface area contributed by atoms with E-state index in [1.165, 1.54) is 23.5 Å². The summed E-state index contributed by atoms with van der Waals surface area (Å²) in [4.78, 5) is 15.9. The number of thiophene rings is 1. The fourth-order valence-electron chi connectivity index (χ4n) is 3.15. The average molecular weight is 462 g/mol. The van der Waals surface area contributed by atoms with Crippen LogP contribution in [0.3, 0.4) is 0 Å². The SMILES string of the molecule is CCCOc1c(Cl)cc(C(=O)N(Cc2cccs2)C2CCS(=O)(=O)C2)cc1Cl. The third-order valence-corrected chi connectivity index (χ3v) is 7.69. The number of nitrogens with zero attached hydrogens (tertiary/aromatic N) is 1. The number of hydrogen-bond donors (Lipinski definition) is 0. The zero-order valence-corrected chi connectivity index (χ0v) is 18.5. The van der Waals surface area contributed by atoms with E-state index in [-0.39, 0.29) is 33.5 Å². The van der Waals surface area contributed by atoms with Gasteiger partial charge >= 0.3 is 0 Å². The number of benzene rings is 1. The first-order valence-corrected chi connectivity index (χ1v) is 12.4. The molecule has 0 spiro atoms. The van der Waals surface area contributed by atoms with Gasteiger partial charge in [0.2, 0.25) is 0 Å². The molecule has 2 heterocycles. The van der Waals surface area contributed by atoms with Crippen molar-refractivity contribution in [3.05, 3.63) is 50.1 Å². The molecule has 1 aromatic carbocycles. The molecule has 1 aliphatic rings. The van der Waals surface area contributed by atoms with E-state index in [0.717, 1.165) is 11.3 Å². The van der Waals surface area contributed by atoms with Crippen LogP contribution in [0, 0.1) is 0 Å². The molecule has 0 saturated carbocycles. The van der Waals surface area contributed by atoms with Gasteiger partial charge in [-0.15, -0.1) is 11.3 Å². The number of sulfone groups is 1. The average Bonchev–Trinajstić information content (AvgIpc) is 3.27. The van der Waals surface area contributed by atoms with Crippen LogP contribution in [0.2, 0.25) is 10.0 Å². The second kappa shape index (κ2) is 9.03. The Hall–Kier alpha value is -1.28. The van der Waals surface area contributed by atoms with Crippen LogP contribution in [-0.4, -0.2) is 43.4 Å². The number of amides is 1. The number of rotatable bonds is 7. The quantitative estimate of drug-likeness (QED) is 0.600. The Morgan fingerprint density at radius 1 is 1.32 bits per heavy atom. The molecule has 1 fully saturated rings. The van der Waals surface area contributed by atoms with Gasteiger partial charge in [0.15, 0.2) is 15.6 Å². The summed E-state index contributed by atoms with van der Waals surface area (Å²) >= 11 is 14.1. The van der Waals surface area contributed by atoms with Crippen molar-refractivity contribution in [2.24, 2.45) is 0 Å². The molecule has 1 unspecified atom stereocenters. The summed E-state index contributed by atoms with van der Waals surface area (Å²) in [6.07, 6.45) is 1.23. The maximum absolute atomic E-state index is 13.3. The fourth-order valence-corrected chi connectivity index (χ4v) is 6.18. The first kappa shape index (κ1) is 21.4. The summed E-state index contributed by atoms with van der Waals surface area (Å²) in [6, 6.07) is 6.53. The van der Waals surface area contributed by atoms with E-state index in [0.29, 0.717) is 30.9 Å². The van der Waals surface area contributed by atoms with Crippen LogP contribution in [0.15, 0.2) is 29.6 Å². The number of ether oxygens (including phenoxy) is 1. The van der Waals surface area contributed by atoms with Gasteiger partial charge in [0.1, 0.15) is 0 Å². The third kappa shape index (κ3) is 5.00. The zero-order valence-electron chi connectivity index (χ0n) is 15.4. The van der Waals surface area contributed by atoms with E-state index >= 15 is 0 Å². The molecule has 0 N–H and O–H groups in total. The Morgan fingerprint density at radius 2 is 2.04 bits per heavy atom. The standard InChI is InChI=1S/C19H21Cl2NO4S2/c1-2-6-26-18-16(20)9-13(10-17(18)21)19(23)22(11-15-4-3-7-27-15)14-5-8-28(24,25)12-14/h3-4,7,9-10,14H,2,5-6,8,11-12H2,1H3. The molecule has 1 saturated heterocycles. The summed E-state index contributed by atoms with van der Waals surface area (Å²) in [5.41, 5.74) is 0.319.